The summed E-state index contributed by atoms with van der Waals surface area (Å²) >= 11 is 0. The van der Waals surface area contributed by atoms with Crippen LogP contribution < -0.4 is 4.74 Å². The second-order valence-corrected chi connectivity index (χ2v) is 10.8. The van der Waals surface area contributed by atoms with Crippen molar-refractivity contribution in [3.8, 4) is 5.75 Å². The first kappa shape index (κ1) is 24.9. The van der Waals surface area contributed by atoms with Gasteiger partial charge in [-0.2, -0.15) is 5.06 Å². The molecule has 3 aliphatic rings. The van der Waals surface area contributed by atoms with Crippen molar-refractivity contribution in [1.29, 1.82) is 0 Å². The molecule has 186 valence electrons. The molecule has 0 N–H and O–H groups in total. The molecule has 0 bridgehead atoms. The molecule has 4 rings (SSSR count). The number of hydrogen-bond acceptors (Lipinski definition) is 6. The normalized spacial score (nSPS) is 41.9. The third kappa shape index (κ3) is 4.57. The molecule has 6 nitrogen and oxygen atoms in total. The monoisotopic (exact) mass is 461 g/mol. The van der Waals surface area contributed by atoms with E-state index in [0.717, 1.165) is 37.2 Å². The molecule has 0 aliphatic carbocycles. The predicted octanol–water partition coefficient (Wildman–Crippen LogP) is 5.66. The summed E-state index contributed by atoms with van der Waals surface area (Å²) in [6.45, 7) is 19.1. The highest BCUT2D eigenvalue weighted by atomic mass is 16.8. The van der Waals surface area contributed by atoms with Gasteiger partial charge in [0.15, 0.2) is 5.79 Å². The summed E-state index contributed by atoms with van der Waals surface area (Å²) in [5, 5.41) is 2.29. The van der Waals surface area contributed by atoms with Crippen LogP contribution in [0, 0.1) is 5.92 Å². The largest absolute Gasteiger partial charge is 0.491 e. The first-order valence-electron chi connectivity index (χ1n) is 12.7. The molecule has 0 saturated carbocycles. The van der Waals surface area contributed by atoms with Gasteiger partial charge in [-0.3, -0.25) is 4.84 Å². The zero-order chi connectivity index (χ0) is 24.0. The van der Waals surface area contributed by atoms with Crippen LogP contribution in [-0.2, 0) is 19.0 Å². The van der Waals surface area contributed by atoms with Gasteiger partial charge in [-0.15, -0.1) is 0 Å². The van der Waals surface area contributed by atoms with Crippen molar-refractivity contribution in [3.63, 3.8) is 0 Å². The Morgan fingerprint density at radius 1 is 1.03 bits per heavy atom. The highest BCUT2D eigenvalue weighted by Gasteiger charge is 2.64. The molecule has 7 atom stereocenters. The Balaban J connectivity index is 1.55. The van der Waals surface area contributed by atoms with Crippen molar-refractivity contribution < 1.29 is 23.8 Å². The second-order valence-electron chi connectivity index (χ2n) is 10.8. The van der Waals surface area contributed by atoms with E-state index in [0.29, 0.717) is 6.61 Å². The minimum atomic E-state index is -0.582. The van der Waals surface area contributed by atoms with Crippen molar-refractivity contribution in [2.45, 2.75) is 116 Å². The summed E-state index contributed by atoms with van der Waals surface area (Å²) in [5.41, 5.74) is 0.669. The molecule has 1 spiro atoms. The van der Waals surface area contributed by atoms with Crippen molar-refractivity contribution in [2.24, 2.45) is 5.92 Å². The standard InChI is InChI=1S/C27H43NO5/c1-9-25(7)17-27(31-18(3)19(4)32-27)21(6)26(8,10-2)28(25)33-20(5)22-11-13-23(14-12-22)29-15-24-16-30-24/h11-14,18-21,24H,9-10,15-17H2,1-8H3. The Morgan fingerprint density at radius 3 is 2.15 bits per heavy atom. The third-order valence-electron chi connectivity index (χ3n) is 8.53. The van der Waals surface area contributed by atoms with Crippen LogP contribution in [0.15, 0.2) is 24.3 Å². The van der Waals surface area contributed by atoms with Crippen LogP contribution >= 0.6 is 0 Å². The number of rotatable bonds is 8. The zero-order valence-electron chi connectivity index (χ0n) is 21.7. The Bertz CT molecular complexity index is 801. The summed E-state index contributed by atoms with van der Waals surface area (Å²) in [5.74, 6) is 0.432. The van der Waals surface area contributed by atoms with Gasteiger partial charge in [-0.05, 0) is 65.2 Å². The molecule has 7 unspecified atom stereocenters. The number of ether oxygens (including phenoxy) is 4. The van der Waals surface area contributed by atoms with E-state index < -0.39 is 5.79 Å². The van der Waals surface area contributed by atoms with Crippen LogP contribution in [0.5, 0.6) is 5.75 Å². The molecular formula is C27H43NO5. The second kappa shape index (κ2) is 9.12. The van der Waals surface area contributed by atoms with Gasteiger partial charge in [-0.25, -0.2) is 0 Å². The van der Waals surface area contributed by atoms with Gasteiger partial charge in [0, 0.05) is 17.9 Å². The summed E-state index contributed by atoms with van der Waals surface area (Å²) in [6, 6.07) is 8.24. The third-order valence-corrected chi connectivity index (χ3v) is 8.53. The topological polar surface area (TPSA) is 52.7 Å². The Labute approximate surface area is 199 Å². The zero-order valence-corrected chi connectivity index (χ0v) is 21.7. The number of epoxide rings is 1. The first-order chi connectivity index (χ1) is 15.6. The maximum absolute atomic E-state index is 6.83. The fourth-order valence-electron chi connectivity index (χ4n) is 5.53. The molecule has 0 radical (unpaired) electrons. The highest BCUT2D eigenvalue weighted by Crippen LogP contribution is 2.55. The summed E-state index contributed by atoms with van der Waals surface area (Å²) in [4.78, 5) is 6.83. The van der Waals surface area contributed by atoms with Gasteiger partial charge in [0.25, 0.3) is 0 Å². The lowest BCUT2D eigenvalue weighted by Gasteiger charge is -2.62. The maximum atomic E-state index is 6.83. The van der Waals surface area contributed by atoms with Gasteiger partial charge >= 0.3 is 0 Å². The summed E-state index contributed by atoms with van der Waals surface area (Å²) in [6.07, 6.45) is 3.01. The van der Waals surface area contributed by atoms with E-state index in [4.69, 9.17) is 23.8 Å². The smallest absolute Gasteiger partial charge is 0.175 e. The predicted molar refractivity (Wildman–Crippen MR) is 128 cm³/mol. The molecule has 3 fully saturated rings. The minimum Gasteiger partial charge on any atom is -0.491 e. The van der Waals surface area contributed by atoms with Gasteiger partial charge in [0.1, 0.15) is 24.6 Å². The fourth-order valence-corrected chi connectivity index (χ4v) is 5.53. The average molecular weight is 462 g/mol. The molecule has 1 aromatic carbocycles. The van der Waals surface area contributed by atoms with Crippen molar-refractivity contribution >= 4 is 0 Å². The van der Waals surface area contributed by atoms with Gasteiger partial charge in [-0.1, -0.05) is 32.9 Å². The summed E-state index contributed by atoms with van der Waals surface area (Å²) in [7, 11) is 0. The lowest BCUT2D eigenvalue weighted by Crippen LogP contribution is -2.71. The Kier molecular flexibility index (Phi) is 6.89. The summed E-state index contributed by atoms with van der Waals surface area (Å²) < 4.78 is 24.2. The number of nitrogens with zero attached hydrogens (tertiary/aromatic N) is 1. The Morgan fingerprint density at radius 2 is 1.64 bits per heavy atom. The molecule has 0 aromatic heterocycles. The van der Waals surface area contributed by atoms with Gasteiger partial charge in [0.2, 0.25) is 0 Å². The van der Waals surface area contributed by atoms with Crippen molar-refractivity contribution in [1.82, 2.24) is 5.06 Å². The number of hydrogen-bond donors (Lipinski definition) is 0. The van der Waals surface area contributed by atoms with Crippen LogP contribution in [0.1, 0.15) is 86.3 Å². The van der Waals surface area contributed by atoms with Crippen molar-refractivity contribution in [3.05, 3.63) is 29.8 Å². The van der Waals surface area contributed by atoms with Gasteiger partial charge in [0.05, 0.1) is 24.4 Å². The van der Waals surface area contributed by atoms with Crippen molar-refractivity contribution in [2.75, 3.05) is 13.2 Å². The SMILES string of the molecule is CCC1(C)CC2(OC(C)C(C)O2)C(C)C(C)(CC)N1OC(C)c1ccc(OCC2CO2)cc1. The molecule has 33 heavy (non-hydrogen) atoms. The molecule has 3 heterocycles. The molecule has 6 heteroatoms. The Hall–Kier alpha value is -1.18. The molecule has 3 aliphatic heterocycles. The van der Waals surface area contributed by atoms with Crippen LogP contribution in [0.25, 0.3) is 0 Å². The van der Waals surface area contributed by atoms with E-state index in [1.165, 1.54) is 0 Å². The number of piperidine rings is 1. The highest BCUT2D eigenvalue weighted by molar-refractivity contribution is 5.28. The molecule has 1 aromatic rings. The van der Waals surface area contributed by atoms with Crippen LogP contribution in [0.4, 0.5) is 0 Å². The minimum absolute atomic E-state index is 0.0907. The van der Waals surface area contributed by atoms with E-state index >= 15 is 0 Å². The fraction of sp³-hybridized carbons (Fsp3) is 0.778. The van der Waals surface area contributed by atoms with E-state index in [-0.39, 0.29) is 41.4 Å². The molecular weight excluding hydrogens is 418 g/mol. The van der Waals surface area contributed by atoms with E-state index in [1.807, 2.05) is 12.1 Å². The first-order valence-corrected chi connectivity index (χ1v) is 12.7. The lowest BCUT2D eigenvalue weighted by molar-refractivity contribution is -0.381. The quantitative estimate of drug-likeness (QED) is 0.466. The van der Waals surface area contributed by atoms with Crippen LogP contribution in [-0.4, -0.2) is 53.5 Å². The number of hydroxylamine groups is 2. The van der Waals surface area contributed by atoms with E-state index in [2.05, 4.69) is 72.6 Å². The van der Waals surface area contributed by atoms with E-state index in [9.17, 15) is 0 Å². The molecule has 3 saturated heterocycles. The van der Waals surface area contributed by atoms with Crippen LogP contribution in [0.2, 0.25) is 0 Å². The maximum Gasteiger partial charge on any atom is 0.175 e. The number of benzene rings is 1. The van der Waals surface area contributed by atoms with Crippen LogP contribution in [0.3, 0.4) is 0 Å². The van der Waals surface area contributed by atoms with E-state index in [1.54, 1.807) is 0 Å². The van der Waals surface area contributed by atoms with Gasteiger partial charge < -0.3 is 18.9 Å². The lowest BCUT2D eigenvalue weighted by atomic mass is 9.67. The molecule has 0 amide bonds. The average Bonchev–Trinajstić information content (AvgIpc) is 3.59.